The largest absolute Gasteiger partial charge is 0.493 e. The van der Waals surface area contributed by atoms with Crippen molar-refractivity contribution in [1.29, 1.82) is 0 Å². The number of methoxy groups -OCH3 is 2. The molecule has 6 heteroatoms. The summed E-state index contributed by atoms with van der Waals surface area (Å²) >= 11 is 0. The molecule has 0 radical (unpaired) electrons. The first-order valence-electron chi connectivity index (χ1n) is 9.21. The van der Waals surface area contributed by atoms with E-state index in [2.05, 4.69) is 0 Å². The number of carbonyl (C=O) groups excluding carboxylic acids is 2. The number of nitrogens with zero attached hydrogens (tertiary/aromatic N) is 1. The number of ketones is 1. The molecule has 0 aliphatic carbocycles. The van der Waals surface area contributed by atoms with Crippen molar-refractivity contribution in [3.8, 4) is 11.5 Å². The summed E-state index contributed by atoms with van der Waals surface area (Å²) in [5.41, 5.74) is -0.410. The SMILES string of the molecule is COc1ccc(C(=O)CC2(O)C(=O)N(CC(C)C)c3ccccc32)cc1OC. The minimum Gasteiger partial charge on any atom is -0.493 e. The summed E-state index contributed by atoms with van der Waals surface area (Å²) in [5.74, 6) is 0.332. The molecule has 6 nitrogen and oxygen atoms in total. The molecule has 2 aromatic rings. The van der Waals surface area contributed by atoms with Crippen LogP contribution in [0.5, 0.6) is 11.5 Å². The van der Waals surface area contributed by atoms with Gasteiger partial charge < -0.3 is 19.5 Å². The quantitative estimate of drug-likeness (QED) is 0.743. The first-order valence-corrected chi connectivity index (χ1v) is 9.21. The third-order valence-corrected chi connectivity index (χ3v) is 4.91. The molecule has 1 atom stereocenters. The summed E-state index contributed by atoms with van der Waals surface area (Å²) in [6.45, 7) is 4.48. The molecule has 1 aliphatic heterocycles. The third-order valence-electron chi connectivity index (χ3n) is 4.91. The number of Topliss-reactive ketones (excluding diaryl/α,β-unsaturated/α-hetero) is 1. The average molecular weight is 383 g/mol. The second kappa shape index (κ2) is 7.64. The second-order valence-electron chi connectivity index (χ2n) is 7.36. The first-order chi connectivity index (χ1) is 13.3. The normalized spacial score (nSPS) is 18.4. The molecular weight excluding hydrogens is 358 g/mol. The summed E-state index contributed by atoms with van der Waals surface area (Å²) in [4.78, 5) is 27.6. The predicted molar refractivity (Wildman–Crippen MR) is 106 cm³/mol. The van der Waals surface area contributed by atoms with Crippen LogP contribution >= 0.6 is 0 Å². The van der Waals surface area contributed by atoms with Crippen LogP contribution in [-0.4, -0.2) is 37.6 Å². The zero-order valence-electron chi connectivity index (χ0n) is 16.6. The highest BCUT2D eigenvalue weighted by atomic mass is 16.5. The van der Waals surface area contributed by atoms with E-state index in [0.717, 1.165) is 0 Å². The highest BCUT2D eigenvalue weighted by Gasteiger charge is 2.50. The van der Waals surface area contributed by atoms with Crippen molar-refractivity contribution in [3.63, 3.8) is 0 Å². The number of carbonyl (C=O) groups is 2. The fourth-order valence-corrected chi connectivity index (χ4v) is 3.57. The molecular formula is C22H25NO5. The van der Waals surface area contributed by atoms with E-state index in [4.69, 9.17) is 9.47 Å². The van der Waals surface area contributed by atoms with E-state index in [-0.39, 0.29) is 18.1 Å². The average Bonchev–Trinajstić information content (AvgIpc) is 2.89. The molecule has 148 valence electrons. The number of anilines is 1. The Bertz CT molecular complexity index is 908. The summed E-state index contributed by atoms with van der Waals surface area (Å²) < 4.78 is 10.4. The standard InChI is InChI=1S/C22H25NO5/c1-14(2)13-23-17-8-6-5-7-16(17)22(26,21(23)25)12-18(24)15-9-10-19(27-3)20(11-15)28-4/h5-11,14,26H,12-13H2,1-4H3. The van der Waals surface area contributed by atoms with Crippen LogP contribution < -0.4 is 14.4 Å². The molecule has 1 N–H and O–H groups in total. The van der Waals surface area contributed by atoms with Gasteiger partial charge in [-0.2, -0.15) is 0 Å². The third kappa shape index (κ3) is 3.36. The zero-order chi connectivity index (χ0) is 20.5. The monoisotopic (exact) mass is 383 g/mol. The second-order valence-corrected chi connectivity index (χ2v) is 7.36. The lowest BCUT2D eigenvalue weighted by Gasteiger charge is -2.24. The Morgan fingerprint density at radius 2 is 1.79 bits per heavy atom. The van der Waals surface area contributed by atoms with Crippen LogP contribution in [0.1, 0.15) is 36.2 Å². The number of fused-ring (bicyclic) bond motifs is 1. The topological polar surface area (TPSA) is 76.1 Å². The summed E-state index contributed by atoms with van der Waals surface area (Å²) in [5, 5.41) is 11.3. The van der Waals surface area contributed by atoms with Crippen LogP contribution in [0.3, 0.4) is 0 Å². The van der Waals surface area contributed by atoms with Crippen LogP contribution in [0, 0.1) is 5.92 Å². The molecule has 3 rings (SSSR count). The molecule has 0 saturated heterocycles. The maximum Gasteiger partial charge on any atom is 0.264 e. The van der Waals surface area contributed by atoms with E-state index >= 15 is 0 Å². The van der Waals surface area contributed by atoms with Crippen molar-refractivity contribution in [2.45, 2.75) is 25.9 Å². The number of amides is 1. The van der Waals surface area contributed by atoms with Crippen LogP contribution in [0.15, 0.2) is 42.5 Å². The molecule has 0 bridgehead atoms. The van der Waals surface area contributed by atoms with Crippen molar-refractivity contribution in [2.75, 3.05) is 25.7 Å². The molecule has 1 amide bonds. The Morgan fingerprint density at radius 1 is 1.11 bits per heavy atom. The molecule has 0 fully saturated rings. The van der Waals surface area contributed by atoms with Crippen molar-refractivity contribution in [1.82, 2.24) is 0 Å². The lowest BCUT2D eigenvalue weighted by atomic mass is 9.88. The Morgan fingerprint density at radius 3 is 2.43 bits per heavy atom. The Labute approximate surface area is 164 Å². The number of ether oxygens (including phenoxy) is 2. The summed E-state index contributed by atoms with van der Waals surface area (Å²) in [7, 11) is 3.00. The predicted octanol–water partition coefficient (Wildman–Crippen LogP) is 3.17. The fraction of sp³-hybridized carbons (Fsp3) is 0.364. The molecule has 0 saturated carbocycles. The molecule has 1 unspecified atom stereocenters. The van der Waals surface area contributed by atoms with Crippen molar-refractivity contribution in [3.05, 3.63) is 53.6 Å². The van der Waals surface area contributed by atoms with E-state index in [1.165, 1.54) is 14.2 Å². The lowest BCUT2D eigenvalue weighted by molar-refractivity contribution is -0.136. The van der Waals surface area contributed by atoms with Crippen LogP contribution in [-0.2, 0) is 10.4 Å². The zero-order valence-corrected chi connectivity index (χ0v) is 16.6. The van der Waals surface area contributed by atoms with Gasteiger partial charge in [0.25, 0.3) is 5.91 Å². The van der Waals surface area contributed by atoms with Gasteiger partial charge in [-0.3, -0.25) is 9.59 Å². The minimum atomic E-state index is -1.88. The Balaban J connectivity index is 1.95. The van der Waals surface area contributed by atoms with Crippen molar-refractivity contribution >= 4 is 17.4 Å². The fourth-order valence-electron chi connectivity index (χ4n) is 3.57. The van der Waals surface area contributed by atoms with Gasteiger partial charge in [0.05, 0.1) is 26.3 Å². The Kier molecular flexibility index (Phi) is 5.42. The van der Waals surface area contributed by atoms with Gasteiger partial charge in [0, 0.05) is 17.7 Å². The highest BCUT2D eigenvalue weighted by molar-refractivity contribution is 6.10. The van der Waals surface area contributed by atoms with Gasteiger partial charge in [0.2, 0.25) is 0 Å². The Hall–Kier alpha value is -2.86. The van der Waals surface area contributed by atoms with Gasteiger partial charge in [-0.25, -0.2) is 0 Å². The van der Waals surface area contributed by atoms with Gasteiger partial charge in [-0.05, 0) is 30.2 Å². The van der Waals surface area contributed by atoms with Crippen LogP contribution in [0.2, 0.25) is 0 Å². The summed E-state index contributed by atoms with van der Waals surface area (Å²) in [6, 6.07) is 11.9. The molecule has 28 heavy (non-hydrogen) atoms. The van der Waals surface area contributed by atoms with Crippen molar-refractivity contribution in [2.24, 2.45) is 5.92 Å². The maximum absolute atomic E-state index is 13.1. The van der Waals surface area contributed by atoms with Gasteiger partial charge >= 0.3 is 0 Å². The number of hydrogen-bond donors (Lipinski definition) is 1. The van der Waals surface area contributed by atoms with Gasteiger partial charge in [-0.1, -0.05) is 32.0 Å². The van der Waals surface area contributed by atoms with E-state index < -0.39 is 11.5 Å². The number of rotatable bonds is 7. The first kappa shape index (κ1) is 19.9. The number of benzene rings is 2. The highest BCUT2D eigenvalue weighted by Crippen LogP contribution is 2.43. The number of hydrogen-bond acceptors (Lipinski definition) is 5. The van der Waals surface area contributed by atoms with E-state index in [1.54, 1.807) is 41.3 Å². The van der Waals surface area contributed by atoms with Gasteiger partial charge in [-0.15, -0.1) is 0 Å². The van der Waals surface area contributed by atoms with Crippen molar-refractivity contribution < 1.29 is 24.2 Å². The maximum atomic E-state index is 13.1. The van der Waals surface area contributed by atoms with Gasteiger partial charge in [0.1, 0.15) is 0 Å². The summed E-state index contributed by atoms with van der Waals surface area (Å²) in [6.07, 6.45) is -0.340. The van der Waals surface area contributed by atoms with Crippen LogP contribution in [0.4, 0.5) is 5.69 Å². The van der Waals surface area contributed by atoms with Gasteiger partial charge in [0.15, 0.2) is 22.9 Å². The number of aliphatic hydroxyl groups is 1. The van der Waals surface area contributed by atoms with E-state index in [0.29, 0.717) is 34.9 Å². The smallest absolute Gasteiger partial charge is 0.264 e. The molecule has 0 aromatic heterocycles. The molecule has 1 aliphatic rings. The van der Waals surface area contributed by atoms with Crippen LogP contribution in [0.25, 0.3) is 0 Å². The van der Waals surface area contributed by atoms with E-state index in [9.17, 15) is 14.7 Å². The minimum absolute atomic E-state index is 0.223. The number of para-hydroxylation sites is 1. The molecule has 2 aromatic carbocycles. The van der Waals surface area contributed by atoms with E-state index in [1.807, 2.05) is 19.9 Å². The molecule has 0 spiro atoms. The lowest BCUT2D eigenvalue weighted by Crippen LogP contribution is -2.43. The molecule has 1 heterocycles.